The highest BCUT2D eigenvalue weighted by molar-refractivity contribution is 7.20. The molecule has 3 heterocycles. The van der Waals surface area contributed by atoms with Crippen molar-refractivity contribution in [3.05, 3.63) is 40.2 Å². The van der Waals surface area contributed by atoms with Crippen LogP contribution in [0, 0.1) is 0 Å². The van der Waals surface area contributed by atoms with E-state index in [4.69, 9.17) is 16.3 Å². The molecule has 1 atom stereocenters. The van der Waals surface area contributed by atoms with Gasteiger partial charge in [-0.3, -0.25) is 9.69 Å². The van der Waals surface area contributed by atoms with Gasteiger partial charge >= 0.3 is 0 Å². The SMILES string of the molecule is O=C(/C=C/c1sc2ccccc2c1Cl)N1CCN(CC2CCCO2)CC1. The molecule has 0 spiro atoms. The lowest BCUT2D eigenvalue weighted by Crippen LogP contribution is -2.50. The highest BCUT2D eigenvalue weighted by atomic mass is 35.5. The summed E-state index contributed by atoms with van der Waals surface area (Å²) in [4.78, 5) is 17.8. The maximum atomic E-state index is 12.5. The number of hydrogen-bond donors (Lipinski definition) is 0. The van der Waals surface area contributed by atoms with Crippen LogP contribution in [0.15, 0.2) is 30.3 Å². The van der Waals surface area contributed by atoms with E-state index >= 15 is 0 Å². The average molecular weight is 391 g/mol. The molecule has 0 saturated carbocycles. The average Bonchev–Trinajstić information content (AvgIpc) is 3.29. The molecule has 4 rings (SSSR count). The van der Waals surface area contributed by atoms with Crippen LogP contribution in [-0.4, -0.2) is 61.1 Å². The topological polar surface area (TPSA) is 32.8 Å². The second kappa shape index (κ2) is 8.09. The molecular formula is C20H23ClN2O2S. The van der Waals surface area contributed by atoms with Crippen LogP contribution in [0.4, 0.5) is 0 Å². The molecule has 0 bridgehead atoms. The first-order chi connectivity index (χ1) is 12.7. The summed E-state index contributed by atoms with van der Waals surface area (Å²) in [5, 5.41) is 1.78. The number of fused-ring (bicyclic) bond motifs is 1. The van der Waals surface area contributed by atoms with Gasteiger partial charge in [0.05, 0.1) is 11.1 Å². The van der Waals surface area contributed by atoms with Gasteiger partial charge in [0, 0.05) is 60.4 Å². The number of amides is 1. The quantitative estimate of drug-likeness (QED) is 0.742. The van der Waals surface area contributed by atoms with Crippen molar-refractivity contribution in [2.45, 2.75) is 18.9 Å². The first kappa shape index (κ1) is 18.0. The number of thiophene rings is 1. The van der Waals surface area contributed by atoms with Gasteiger partial charge in [-0.15, -0.1) is 11.3 Å². The predicted molar refractivity (Wildman–Crippen MR) is 108 cm³/mol. The summed E-state index contributed by atoms with van der Waals surface area (Å²) in [7, 11) is 0. The summed E-state index contributed by atoms with van der Waals surface area (Å²) < 4.78 is 6.85. The molecule has 6 heteroatoms. The van der Waals surface area contributed by atoms with E-state index in [1.807, 2.05) is 29.2 Å². The van der Waals surface area contributed by atoms with E-state index in [9.17, 15) is 4.79 Å². The molecule has 26 heavy (non-hydrogen) atoms. The molecule has 0 radical (unpaired) electrons. The summed E-state index contributed by atoms with van der Waals surface area (Å²) in [5.74, 6) is 0.0651. The number of piperazine rings is 1. The fourth-order valence-electron chi connectivity index (χ4n) is 3.62. The number of halogens is 1. The summed E-state index contributed by atoms with van der Waals surface area (Å²) in [5.41, 5.74) is 0. The molecule has 2 aliphatic heterocycles. The molecule has 1 unspecified atom stereocenters. The van der Waals surface area contributed by atoms with E-state index in [1.165, 1.54) is 6.42 Å². The minimum Gasteiger partial charge on any atom is -0.377 e. The number of nitrogens with zero attached hydrogens (tertiary/aromatic N) is 2. The maximum Gasteiger partial charge on any atom is 0.246 e. The third-order valence-electron chi connectivity index (χ3n) is 5.11. The minimum atomic E-state index is 0.0651. The van der Waals surface area contributed by atoms with Crippen molar-refractivity contribution in [3.63, 3.8) is 0 Å². The summed E-state index contributed by atoms with van der Waals surface area (Å²) in [6, 6.07) is 8.05. The molecule has 2 aromatic rings. The van der Waals surface area contributed by atoms with Crippen LogP contribution in [0.3, 0.4) is 0 Å². The first-order valence-electron chi connectivity index (χ1n) is 9.19. The van der Waals surface area contributed by atoms with Gasteiger partial charge in [0.2, 0.25) is 5.91 Å². The smallest absolute Gasteiger partial charge is 0.246 e. The van der Waals surface area contributed by atoms with Gasteiger partial charge in [-0.05, 0) is 25.0 Å². The van der Waals surface area contributed by atoms with Crippen LogP contribution >= 0.6 is 22.9 Å². The van der Waals surface area contributed by atoms with Crippen LogP contribution < -0.4 is 0 Å². The largest absolute Gasteiger partial charge is 0.377 e. The minimum absolute atomic E-state index is 0.0651. The Morgan fingerprint density at radius 1 is 1.27 bits per heavy atom. The zero-order valence-electron chi connectivity index (χ0n) is 14.7. The molecule has 1 amide bonds. The van der Waals surface area contributed by atoms with Crippen LogP contribution in [-0.2, 0) is 9.53 Å². The van der Waals surface area contributed by atoms with Crippen LogP contribution in [0.5, 0.6) is 0 Å². The van der Waals surface area contributed by atoms with Gasteiger partial charge in [-0.1, -0.05) is 29.8 Å². The van der Waals surface area contributed by atoms with Crippen molar-refractivity contribution < 1.29 is 9.53 Å². The number of hydrogen-bond acceptors (Lipinski definition) is 4. The normalized spacial score (nSPS) is 21.9. The Balaban J connectivity index is 1.33. The fourth-order valence-corrected chi connectivity index (χ4v) is 5.02. The number of ether oxygens (including phenoxy) is 1. The lowest BCUT2D eigenvalue weighted by atomic mass is 10.2. The summed E-state index contributed by atoms with van der Waals surface area (Å²) in [6.07, 6.45) is 6.24. The van der Waals surface area contributed by atoms with Crippen molar-refractivity contribution >= 4 is 45.0 Å². The van der Waals surface area contributed by atoms with E-state index in [1.54, 1.807) is 17.4 Å². The molecule has 4 nitrogen and oxygen atoms in total. The van der Waals surface area contributed by atoms with E-state index < -0.39 is 0 Å². The Kier molecular flexibility index (Phi) is 5.60. The van der Waals surface area contributed by atoms with Crippen LogP contribution in [0.2, 0.25) is 5.02 Å². The molecule has 0 N–H and O–H groups in total. The van der Waals surface area contributed by atoms with Gasteiger partial charge in [0.15, 0.2) is 0 Å². The Morgan fingerprint density at radius 3 is 2.81 bits per heavy atom. The van der Waals surface area contributed by atoms with Gasteiger partial charge < -0.3 is 9.64 Å². The Labute approximate surface area is 163 Å². The van der Waals surface area contributed by atoms with Crippen molar-refractivity contribution in [2.75, 3.05) is 39.3 Å². The fraction of sp³-hybridized carbons (Fsp3) is 0.450. The Morgan fingerprint density at radius 2 is 2.08 bits per heavy atom. The molecule has 2 saturated heterocycles. The van der Waals surface area contributed by atoms with E-state index in [-0.39, 0.29) is 5.91 Å². The van der Waals surface area contributed by atoms with Crippen molar-refractivity contribution in [3.8, 4) is 0 Å². The van der Waals surface area contributed by atoms with E-state index in [0.717, 1.165) is 65.7 Å². The maximum absolute atomic E-state index is 12.5. The number of carbonyl (C=O) groups excluding carboxylic acids is 1. The number of rotatable bonds is 4. The summed E-state index contributed by atoms with van der Waals surface area (Å²) >= 11 is 8.06. The Bertz CT molecular complexity index is 805. The second-order valence-corrected chi connectivity index (χ2v) is 8.33. The number of carbonyl (C=O) groups is 1. The van der Waals surface area contributed by atoms with Gasteiger partial charge in [-0.25, -0.2) is 0 Å². The Hall–Kier alpha value is -1.40. The molecule has 1 aromatic heterocycles. The third-order valence-corrected chi connectivity index (χ3v) is 6.76. The molecule has 2 fully saturated rings. The van der Waals surface area contributed by atoms with Gasteiger partial charge in [-0.2, -0.15) is 0 Å². The summed E-state index contributed by atoms with van der Waals surface area (Å²) in [6.45, 7) is 5.28. The number of benzene rings is 1. The van der Waals surface area contributed by atoms with Crippen LogP contribution in [0.1, 0.15) is 17.7 Å². The third kappa shape index (κ3) is 3.96. The molecule has 138 valence electrons. The van der Waals surface area contributed by atoms with Crippen LogP contribution in [0.25, 0.3) is 16.2 Å². The second-order valence-electron chi connectivity index (χ2n) is 6.87. The highest BCUT2D eigenvalue weighted by Crippen LogP contribution is 2.35. The zero-order valence-corrected chi connectivity index (χ0v) is 16.3. The van der Waals surface area contributed by atoms with Gasteiger partial charge in [0.1, 0.15) is 0 Å². The van der Waals surface area contributed by atoms with Crippen molar-refractivity contribution in [1.82, 2.24) is 9.80 Å². The zero-order chi connectivity index (χ0) is 17.9. The molecule has 0 aliphatic carbocycles. The predicted octanol–water partition coefficient (Wildman–Crippen LogP) is 3.89. The lowest BCUT2D eigenvalue weighted by Gasteiger charge is -2.35. The van der Waals surface area contributed by atoms with E-state index in [0.29, 0.717) is 6.10 Å². The lowest BCUT2D eigenvalue weighted by molar-refractivity contribution is -0.127. The van der Waals surface area contributed by atoms with Crippen molar-refractivity contribution in [1.29, 1.82) is 0 Å². The van der Waals surface area contributed by atoms with Gasteiger partial charge in [0.25, 0.3) is 0 Å². The highest BCUT2D eigenvalue weighted by Gasteiger charge is 2.24. The van der Waals surface area contributed by atoms with Crippen molar-refractivity contribution in [2.24, 2.45) is 0 Å². The molecule has 1 aromatic carbocycles. The monoisotopic (exact) mass is 390 g/mol. The first-order valence-corrected chi connectivity index (χ1v) is 10.4. The molecular weight excluding hydrogens is 368 g/mol. The molecule has 2 aliphatic rings. The standard InChI is InChI=1S/C20H23ClN2O2S/c21-20-16-5-1-2-6-17(16)26-18(20)7-8-19(24)23-11-9-22(10-12-23)14-15-4-3-13-25-15/h1-2,5-8,15H,3-4,9-14H2/b8-7+. The van der Waals surface area contributed by atoms with E-state index in [2.05, 4.69) is 11.0 Å².